The topological polar surface area (TPSA) is 80.5 Å². The summed E-state index contributed by atoms with van der Waals surface area (Å²) in [5, 5.41) is 9.52. The van der Waals surface area contributed by atoms with E-state index in [2.05, 4.69) is 15.6 Å². The van der Waals surface area contributed by atoms with Crippen LogP contribution in [0.1, 0.15) is 15.4 Å². The predicted molar refractivity (Wildman–Crippen MR) is 109 cm³/mol. The number of nitrogens with zero attached hydrogens (tertiary/aromatic N) is 3. The van der Waals surface area contributed by atoms with E-state index in [1.54, 1.807) is 20.2 Å². The van der Waals surface area contributed by atoms with E-state index in [1.807, 2.05) is 41.1 Å². The molecule has 0 aromatic carbocycles. The molecular weight excluding hydrogens is 382 g/mol. The zero-order valence-corrected chi connectivity index (χ0v) is 16.6. The van der Waals surface area contributed by atoms with Crippen molar-refractivity contribution in [1.29, 1.82) is 0 Å². The number of aryl methyl sites for hydroxylation is 1. The van der Waals surface area contributed by atoms with E-state index < -0.39 is 0 Å². The molecule has 4 aromatic heterocycles. The molecule has 0 saturated carbocycles. The lowest BCUT2D eigenvalue weighted by molar-refractivity contribution is 0.0967. The molecule has 0 spiro atoms. The number of carbonyl (C=O) groups is 1. The summed E-state index contributed by atoms with van der Waals surface area (Å²) in [6.45, 7) is 1.97. The monoisotopic (exact) mass is 399 g/mol. The third kappa shape index (κ3) is 3.26. The fourth-order valence-electron chi connectivity index (χ4n) is 2.77. The lowest BCUT2D eigenvalue weighted by Gasteiger charge is -2.02. The number of methoxy groups -OCH3 is 1. The van der Waals surface area contributed by atoms with Crippen LogP contribution in [0.15, 0.2) is 35.8 Å². The highest BCUT2D eigenvalue weighted by molar-refractivity contribution is 7.18. The summed E-state index contributed by atoms with van der Waals surface area (Å²) >= 11 is 2.90. The average molecular weight is 400 g/mol. The van der Waals surface area contributed by atoms with Crippen LogP contribution >= 0.6 is 22.7 Å². The molecule has 0 saturated heterocycles. The molecule has 27 heavy (non-hydrogen) atoms. The van der Waals surface area contributed by atoms with Gasteiger partial charge in [0.2, 0.25) is 0 Å². The molecule has 138 valence electrons. The first kappa shape index (κ1) is 17.5. The Morgan fingerprint density at radius 1 is 1.26 bits per heavy atom. The zero-order valence-electron chi connectivity index (χ0n) is 14.9. The lowest BCUT2D eigenvalue weighted by Crippen LogP contribution is -2.15. The van der Waals surface area contributed by atoms with Crippen molar-refractivity contribution in [3.63, 3.8) is 0 Å². The Kier molecular flexibility index (Phi) is 4.54. The van der Waals surface area contributed by atoms with Gasteiger partial charge in [-0.2, -0.15) is 0 Å². The molecule has 0 radical (unpaired) electrons. The summed E-state index contributed by atoms with van der Waals surface area (Å²) in [6.07, 6.45) is 1.94. The highest BCUT2D eigenvalue weighted by Gasteiger charge is 2.15. The van der Waals surface area contributed by atoms with E-state index in [-0.39, 0.29) is 5.91 Å². The van der Waals surface area contributed by atoms with E-state index in [4.69, 9.17) is 9.72 Å². The number of thiophene rings is 1. The summed E-state index contributed by atoms with van der Waals surface area (Å²) in [7, 11) is 3.26. The molecular formula is C18H17N5O2S2. The molecule has 2 N–H and O–H groups in total. The fraction of sp³-hybridized carbons (Fsp3) is 0.167. The molecule has 0 aliphatic rings. The standard InChI is InChI=1S/C18H17N5O2S2/c1-10-16(23-7-6-11(25-3)8-14(23)20-10)12-9-26-18(21-12)22-15-5-4-13(27-15)17(24)19-2/h4-9H,1-3H3,(H,19,24)(H,21,22). The van der Waals surface area contributed by atoms with Gasteiger partial charge in [0.15, 0.2) is 5.13 Å². The molecule has 9 heteroatoms. The first-order valence-electron chi connectivity index (χ1n) is 8.16. The van der Waals surface area contributed by atoms with Crippen molar-refractivity contribution in [3.8, 4) is 17.1 Å². The summed E-state index contributed by atoms with van der Waals surface area (Å²) in [6, 6.07) is 7.47. The zero-order chi connectivity index (χ0) is 19.0. The van der Waals surface area contributed by atoms with Crippen molar-refractivity contribution in [1.82, 2.24) is 19.7 Å². The minimum Gasteiger partial charge on any atom is -0.497 e. The Labute approximate surface area is 163 Å². The number of fused-ring (bicyclic) bond motifs is 1. The summed E-state index contributed by atoms with van der Waals surface area (Å²) in [4.78, 5) is 21.6. The van der Waals surface area contributed by atoms with Crippen LogP contribution in [0.5, 0.6) is 5.75 Å². The number of pyridine rings is 1. The Hall–Kier alpha value is -2.91. The van der Waals surface area contributed by atoms with Crippen molar-refractivity contribution in [2.45, 2.75) is 6.92 Å². The number of imidazole rings is 1. The Balaban J connectivity index is 1.63. The van der Waals surface area contributed by atoms with Crippen molar-refractivity contribution in [3.05, 3.63) is 46.4 Å². The first-order chi connectivity index (χ1) is 13.1. The quantitative estimate of drug-likeness (QED) is 0.531. The molecule has 0 fully saturated rings. The highest BCUT2D eigenvalue weighted by Crippen LogP contribution is 2.32. The molecule has 4 rings (SSSR count). The Morgan fingerprint density at radius 2 is 2.11 bits per heavy atom. The van der Waals surface area contributed by atoms with Crippen LogP contribution in [-0.4, -0.2) is 34.4 Å². The average Bonchev–Trinajstić information content (AvgIpc) is 3.39. The van der Waals surface area contributed by atoms with Gasteiger partial charge in [-0.25, -0.2) is 9.97 Å². The molecule has 7 nitrogen and oxygen atoms in total. The van der Waals surface area contributed by atoms with Crippen molar-refractivity contribution in [2.75, 3.05) is 19.5 Å². The number of amides is 1. The SMILES string of the molecule is CNC(=O)c1ccc(Nc2nc(-c3c(C)nc4cc(OC)ccn34)cs2)s1. The van der Waals surface area contributed by atoms with Gasteiger partial charge in [-0.3, -0.25) is 9.20 Å². The van der Waals surface area contributed by atoms with Gasteiger partial charge in [0, 0.05) is 24.7 Å². The number of thiazole rings is 1. The first-order valence-corrected chi connectivity index (χ1v) is 9.86. The lowest BCUT2D eigenvalue weighted by atomic mass is 10.3. The largest absolute Gasteiger partial charge is 0.497 e. The van der Waals surface area contributed by atoms with Gasteiger partial charge in [0.1, 0.15) is 17.1 Å². The van der Waals surface area contributed by atoms with Gasteiger partial charge in [0.25, 0.3) is 5.91 Å². The molecule has 1 amide bonds. The van der Waals surface area contributed by atoms with Crippen molar-refractivity contribution >= 4 is 44.4 Å². The van der Waals surface area contributed by atoms with E-state index in [0.717, 1.165) is 38.6 Å². The minimum absolute atomic E-state index is 0.0929. The number of rotatable bonds is 5. The number of hydrogen-bond donors (Lipinski definition) is 2. The fourth-order valence-corrected chi connectivity index (χ4v) is 4.40. The third-order valence-electron chi connectivity index (χ3n) is 4.04. The van der Waals surface area contributed by atoms with Crippen LogP contribution in [0.25, 0.3) is 17.0 Å². The molecule has 0 aliphatic heterocycles. The second kappa shape index (κ2) is 7.01. The van der Waals surface area contributed by atoms with Crippen LogP contribution in [0.4, 0.5) is 10.1 Å². The van der Waals surface area contributed by atoms with Gasteiger partial charge in [-0.1, -0.05) is 0 Å². The number of ether oxygens (including phenoxy) is 1. The van der Waals surface area contributed by atoms with Crippen LogP contribution in [0, 0.1) is 6.92 Å². The smallest absolute Gasteiger partial charge is 0.261 e. The molecule has 4 aromatic rings. The van der Waals surface area contributed by atoms with Gasteiger partial charge >= 0.3 is 0 Å². The number of carbonyl (C=O) groups excluding carboxylic acids is 1. The number of aromatic nitrogens is 3. The van der Waals surface area contributed by atoms with Crippen LogP contribution in [0.3, 0.4) is 0 Å². The molecule has 0 atom stereocenters. The number of anilines is 2. The van der Waals surface area contributed by atoms with E-state index in [1.165, 1.54) is 22.7 Å². The third-order valence-corrected chi connectivity index (χ3v) is 5.80. The Morgan fingerprint density at radius 3 is 2.89 bits per heavy atom. The number of nitrogens with one attached hydrogen (secondary N) is 2. The maximum Gasteiger partial charge on any atom is 0.261 e. The highest BCUT2D eigenvalue weighted by atomic mass is 32.1. The van der Waals surface area contributed by atoms with E-state index in [9.17, 15) is 4.79 Å². The van der Waals surface area contributed by atoms with Crippen LogP contribution in [-0.2, 0) is 0 Å². The molecule has 0 bridgehead atoms. The number of hydrogen-bond acceptors (Lipinski definition) is 7. The van der Waals surface area contributed by atoms with Crippen LogP contribution < -0.4 is 15.4 Å². The van der Waals surface area contributed by atoms with Gasteiger partial charge < -0.3 is 15.4 Å². The van der Waals surface area contributed by atoms with Gasteiger partial charge in [-0.05, 0) is 25.1 Å². The van der Waals surface area contributed by atoms with Crippen LogP contribution in [0.2, 0.25) is 0 Å². The second-order valence-corrected chi connectivity index (χ2v) is 7.69. The maximum atomic E-state index is 11.7. The minimum atomic E-state index is -0.0929. The maximum absolute atomic E-state index is 11.7. The molecule has 4 heterocycles. The summed E-state index contributed by atoms with van der Waals surface area (Å²) in [5.74, 6) is 0.675. The predicted octanol–water partition coefficient (Wildman–Crippen LogP) is 3.94. The second-order valence-electron chi connectivity index (χ2n) is 5.75. The van der Waals surface area contributed by atoms with Crippen molar-refractivity contribution in [2.24, 2.45) is 0 Å². The summed E-state index contributed by atoms with van der Waals surface area (Å²) < 4.78 is 7.28. The Bertz CT molecular complexity index is 1130. The van der Waals surface area contributed by atoms with Crippen molar-refractivity contribution < 1.29 is 9.53 Å². The van der Waals surface area contributed by atoms with Gasteiger partial charge in [-0.15, -0.1) is 22.7 Å². The molecule has 0 aliphatic carbocycles. The normalized spacial score (nSPS) is 10.9. The molecule has 0 unspecified atom stereocenters. The summed E-state index contributed by atoms with van der Waals surface area (Å²) in [5.41, 5.74) is 3.52. The van der Waals surface area contributed by atoms with E-state index in [0.29, 0.717) is 4.88 Å². The van der Waals surface area contributed by atoms with E-state index >= 15 is 0 Å². The van der Waals surface area contributed by atoms with Gasteiger partial charge in [0.05, 0.1) is 28.4 Å².